The SMILES string of the molecule is CCCCCCCCC1CCC2C3CC=C4C[C@@H](OC(=O)Oc5ccccc5C)CC[C@]4(C)C3CC[C@]12C. The van der Waals surface area contributed by atoms with Gasteiger partial charge in [-0.2, -0.15) is 0 Å². The van der Waals surface area contributed by atoms with E-state index in [-0.39, 0.29) is 11.5 Å². The Morgan fingerprint density at radius 1 is 0.947 bits per heavy atom. The van der Waals surface area contributed by atoms with Gasteiger partial charge in [0.15, 0.2) is 0 Å². The summed E-state index contributed by atoms with van der Waals surface area (Å²) in [5, 5.41) is 0. The van der Waals surface area contributed by atoms with Crippen LogP contribution in [0.3, 0.4) is 0 Å². The Kier molecular flexibility index (Phi) is 8.60. The maximum Gasteiger partial charge on any atom is 0.514 e. The van der Waals surface area contributed by atoms with E-state index in [4.69, 9.17) is 9.47 Å². The summed E-state index contributed by atoms with van der Waals surface area (Å²) in [5.74, 6) is 4.09. The molecule has 5 rings (SSSR count). The number of para-hydroxylation sites is 1. The van der Waals surface area contributed by atoms with Gasteiger partial charge in [-0.05, 0) is 104 Å². The minimum atomic E-state index is -0.557. The first-order valence-corrected chi connectivity index (χ1v) is 16.0. The van der Waals surface area contributed by atoms with Crippen LogP contribution in [-0.4, -0.2) is 12.3 Å². The normalized spacial score (nSPS) is 36.0. The molecule has 0 N–H and O–H groups in total. The Morgan fingerprint density at radius 2 is 1.74 bits per heavy atom. The van der Waals surface area contributed by atoms with E-state index < -0.39 is 6.16 Å². The molecule has 3 fully saturated rings. The molecule has 3 nitrogen and oxygen atoms in total. The van der Waals surface area contributed by atoms with Gasteiger partial charge in [-0.15, -0.1) is 0 Å². The van der Waals surface area contributed by atoms with Crippen LogP contribution in [0.1, 0.15) is 123 Å². The van der Waals surface area contributed by atoms with Crippen molar-refractivity contribution in [2.75, 3.05) is 0 Å². The standard InChI is InChI=1S/C35H52O3/c1-5-6-7-8-9-10-14-26-17-19-30-29-18-16-27-24-28(37-33(36)38-32-15-12-11-13-25(32)2)20-22-35(27,4)31(29)21-23-34(26,30)3/h11-13,15-16,26,28-31H,5-10,14,17-24H2,1-4H3/t26?,28-,29?,30?,31?,34+,35-/m0/s1. The van der Waals surface area contributed by atoms with Gasteiger partial charge in [-0.3, -0.25) is 0 Å². The molecule has 3 saturated carbocycles. The van der Waals surface area contributed by atoms with Crippen molar-refractivity contribution in [2.24, 2.45) is 34.5 Å². The first kappa shape index (κ1) is 27.8. The Balaban J connectivity index is 1.18. The molecule has 4 aliphatic carbocycles. The summed E-state index contributed by atoms with van der Waals surface area (Å²) in [6.45, 7) is 9.48. The van der Waals surface area contributed by atoms with Crippen LogP contribution in [0.5, 0.6) is 5.75 Å². The highest BCUT2D eigenvalue weighted by Crippen LogP contribution is 2.66. The molecule has 4 unspecified atom stereocenters. The van der Waals surface area contributed by atoms with E-state index in [0.717, 1.165) is 48.5 Å². The number of benzene rings is 1. The molecule has 3 heteroatoms. The number of aryl methyl sites for hydroxylation is 1. The zero-order valence-corrected chi connectivity index (χ0v) is 24.6. The van der Waals surface area contributed by atoms with Gasteiger partial charge in [0.1, 0.15) is 11.9 Å². The van der Waals surface area contributed by atoms with E-state index in [1.165, 1.54) is 77.0 Å². The predicted molar refractivity (Wildman–Crippen MR) is 155 cm³/mol. The Bertz CT molecular complexity index is 997. The smallest absolute Gasteiger partial charge is 0.430 e. The number of hydrogen-bond acceptors (Lipinski definition) is 3. The van der Waals surface area contributed by atoms with E-state index in [1.54, 1.807) is 5.57 Å². The van der Waals surface area contributed by atoms with E-state index in [1.807, 2.05) is 31.2 Å². The molecule has 0 bridgehead atoms. The van der Waals surface area contributed by atoms with Crippen molar-refractivity contribution in [3.8, 4) is 5.75 Å². The summed E-state index contributed by atoms with van der Waals surface area (Å²) in [5.41, 5.74) is 3.35. The Morgan fingerprint density at radius 3 is 2.55 bits per heavy atom. The molecule has 0 saturated heterocycles. The summed E-state index contributed by atoms with van der Waals surface area (Å²) in [7, 11) is 0. The van der Waals surface area contributed by atoms with Gasteiger partial charge in [0.05, 0.1) is 0 Å². The molecule has 1 aromatic carbocycles. The summed E-state index contributed by atoms with van der Waals surface area (Å²) in [4.78, 5) is 12.6. The molecule has 0 aliphatic heterocycles. The van der Waals surface area contributed by atoms with Gasteiger partial charge in [-0.1, -0.05) is 89.1 Å². The van der Waals surface area contributed by atoms with Crippen LogP contribution < -0.4 is 4.74 Å². The number of hydrogen-bond donors (Lipinski definition) is 0. The first-order valence-electron chi connectivity index (χ1n) is 16.0. The molecular weight excluding hydrogens is 468 g/mol. The van der Waals surface area contributed by atoms with Crippen LogP contribution in [0.15, 0.2) is 35.9 Å². The van der Waals surface area contributed by atoms with Gasteiger partial charge in [0.25, 0.3) is 0 Å². The van der Waals surface area contributed by atoms with E-state index >= 15 is 0 Å². The monoisotopic (exact) mass is 520 g/mol. The fraction of sp³-hybridized carbons (Fsp3) is 0.743. The summed E-state index contributed by atoms with van der Waals surface area (Å²) < 4.78 is 11.4. The fourth-order valence-corrected chi connectivity index (χ4v) is 9.40. The third kappa shape index (κ3) is 5.46. The van der Waals surface area contributed by atoms with Crippen molar-refractivity contribution >= 4 is 6.16 Å². The minimum absolute atomic E-state index is 0.0653. The Hall–Kier alpha value is -1.77. The van der Waals surface area contributed by atoms with Crippen LogP contribution in [0.2, 0.25) is 0 Å². The van der Waals surface area contributed by atoms with Gasteiger partial charge in [0.2, 0.25) is 0 Å². The maximum absolute atomic E-state index is 12.6. The summed E-state index contributed by atoms with van der Waals surface area (Å²) in [6, 6.07) is 7.62. The fourth-order valence-electron chi connectivity index (χ4n) is 9.40. The lowest BCUT2D eigenvalue weighted by Crippen LogP contribution is -2.50. The van der Waals surface area contributed by atoms with E-state index in [2.05, 4.69) is 26.8 Å². The van der Waals surface area contributed by atoms with Crippen LogP contribution in [0.4, 0.5) is 4.79 Å². The summed E-state index contributed by atoms with van der Waals surface area (Å²) in [6.07, 6.45) is 21.8. The maximum atomic E-state index is 12.6. The van der Waals surface area contributed by atoms with Crippen LogP contribution in [0.25, 0.3) is 0 Å². The number of unbranched alkanes of at least 4 members (excludes halogenated alkanes) is 5. The van der Waals surface area contributed by atoms with Gasteiger partial charge >= 0.3 is 6.16 Å². The van der Waals surface area contributed by atoms with Crippen molar-refractivity contribution < 1.29 is 14.3 Å². The van der Waals surface area contributed by atoms with Crippen LogP contribution in [0, 0.1) is 41.4 Å². The molecule has 4 aliphatic rings. The molecule has 210 valence electrons. The molecule has 0 aromatic heterocycles. The lowest BCUT2D eigenvalue weighted by atomic mass is 9.47. The summed E-state index contributed by atoms with van der Waals surface area (Å²) >= 11 is 0. The van der Waals surface area contributed by atoms with Crippen molar-refractivity contribution in [2.45, 2.75) is 130 Å². The molecule has 7 atom stereocenters. The molecular formula is C35H52O3. The van der Waals surface area contributed by atoms with Crippen LogP contribution in [-0.2, 0) is 4.74 Å². The van der Waals surface area contributed by atoms with E-state index in [0.29, 0.717) is 11.2 Å². The molecule has 0 radical (unpaired) electrons. The zero-order chi connectivity index (χ0) is 26.8. The molecule has 0 spiro atoms. The third-order valence-electron chi connectivity index (χ3n) is 11.7. The van der Waals surface area contributed by atoms with Crippen molar-refractivity contribution in [3.63, 3.8) is 0 Å². The van der Waals surface area contributed by atoms with Crippen molar-refractivity contribution in [1.82, 2.24) is 0 Å². The highest BCUT2D eigenvalue weighted by atomic mass is 16.7. The lowest BCUT2D eigenvalue weighted by Gasteiger charge is -2.58. The number of ether oxygens (including phenoxy) is 2. The highest BCUT2D eigenvalue weighted by Gasteiger charge is 2.58. The third-order valence-corrected chi connectivity index (χ3v) is 11.7. The minimum Gasteiger partial charge on any atom is -0.430 e. The number of rotatable bonds is 9. The van der Waals surface area contributed by atoms with Crippen LogP contribution >= 0.6 is 0 Å². The molecule has 38 heavy (non-hydrogen) atoms. The largest absolute Gasteiger partial charge is 0.514 e. The second-order valence-corrected chi connectivity index (χ2v) is 13.7. The van der Waals surface area contributed by atoms with Crippen molar-refractivity contribution in [1.29, 1.82) is 0 Å². The molecule has 1 aromatic rings. The molecule has 0 heterocycles. The quantitative estimate of drug-likeness (QED) is 0.141. The lowest BCUT2D eigenvalue weighted by molar-refractivity contribution is -0.0538. The van der Waals surface area contributed by atoms with E-state index in [9.17, 15) is 4.79 Å². The van der Waals surface area contributed by atoms with Gasteiger partial charge in [-0.25, -0.2) is 4.79 Å². The first-order chi connectivity index (χ1) is 18.3. The second kappa shape index (κ2) is 11.8. The topological polar surface area (TPSA) is 35.5 Å². The Labute approximate surface area is 232 Å². The second-order valence-electron chi connectivity index (χ2n) is 13.7. The number of carbonyl (C=O) groups excluding carboxylic acids is 1. The molecule has 0 amide bonds. The predicted octanol–water partition coefficient (Wildman–Crippen LogP) is 10.2. The van der Waals surface area contributed by atoms with Gasteiger partial charge < -0.3 is 9.47 Å². The average Bonchev–Trinajstić information content (AvgIpc) is 3.24. The number of carbonyl (C=O) groups is 1. The zero-order valence-electron chi connectivity index (χ0n) is 24.6. The highest BCUT2D eigenvalue weighted by molar-refractivity contribution is 5.64. The average molecular weight is 521 g/mol. The number of allylic oxidation sites excluding steroid dienone is 1. The van der Waals surface area contributed by atoms with Gasteiger partial charge in [0, 0.05) is 6.42 Å². The number of fused-ring (bicyclic) bond motifs is 5. The van der Waals surface area contributed by atoms with Crippen molar-refractivity contribution in [3.05, 3.63) is 41.5 Å².